The first-order valence-electron chi connectivity index (χ1n) is 8.37. The number of carbonyl (C=O) groups excluding carboxylic acids is 1. The number of fused-ring (bicyclic) bond motifs is 1. The summed E-state index contributed by atoms with van der Waals surface area (Å²) in [5.74, 6) is -0.152. The van der Waals surface area contributed by atoms with Gasteiger partial charge >= 0.3 is 0 Å². The van der Waals surface area contributed by atoms with Crippen molar-refractivity contribution >= 4 is 22.9 Å². The van der Waals surface area contributed by atoms with Crippen molar-refractivity contribution in [3.05, 3.63) is 30.1 Å². The number of primary amides is 1. The molecule has 0 spiro atoms. The van der Waals surface area contributed by atoms with Gasteiger partial charge in [-0.25, -0.2) is 14.6 Å². The van der Waals surface area contributed by atoms with E-state index in [1.54, 1.807) is 24.4 Å². The maximum Gasteiger partial charge on any atom is 0.268 e. The van der Waals surface area contributed by atoms with Gasteiger partial charge in [-0.1, -0.05) is 12.1 Å². The van der Waals surface area contributed by atoms with Crippen molar-refractivity contribution in [2.75, 3.05) is 18.0 Å². The molecule has 0 radical (unpaired) electrons. The second kappa shape index (κ2) is 6.03. The Balaban J connectivity index is 1.75. The van der Waals surface area contributed by atoms with E-state index in [1.807, 2.05) is 11.8 Å². The highest BCUT2D eigenvalue weighted by molar-refractivity contribution is 6.02. The van der Waals surface area contributed by atoms with Crippen molar-refractivity contribution < 1.29 is 9.42 Å². The monoisotopic (exact) mass is 353 g/mol. The standard InChI is InChI=1S/C17H19N7O2/c1-17(19)5-7-24(8-6-17)16-20-9-11(14(21-16)15(18)25)10-3-2-4-12-13(10)23-26-22-12/h2-4,9H,5-8,19H2,1H3,(H2,18,25). The fourth-order valence-electron chi connectivity index (χ4n) is 3.15. The lowest BCUT2D eigenvalue weighted by Crippen LogP contribution is -2.48. The highest BCUT2D eigenvalue weighted by atomic mass is 16.6. The molecule has 1 aliphatic rings. The van der Waals surface area contributed by atoms with E-state index in [-0.39, 0.29) is 11.2 Å². The summed E-state index contributed by atoms with van der Waals surface area (Å²) in [6, 6.07) is 5.37. The molecule has 4 rings (SSSR count). The van der Waals surface area contributed by atoms with Gasteiger partial charge in [0.05, 0.1) is 0 Å². The SMILES string of the molecule is CC1(N)CCN(c2ncc(-c3cccc4nonc34)c(C(N)=O)n2)CC1. The van der Waals surface area contributed by atoms with Crippen LogP contribution >= 0.6 is 0 Å². The Morgan fingerprint density at radius 1 is 1.23 bits per heavy atom. The third-order valence-corrected chi connectivity index (χ3v) is 4.77. The minimum absolute atomic E-state index is 0.145. The largest absolute Gasteiger partial charge is 0.364 e. The number of rotatable bonds is 3. The van der Waals surface area contributed by atoms with Gasteiger partial charge in [0.15, 0.2) is 0 Å². The van der Waals surface area contributed by atoms with Crippen LogP contribution in [0.5, 0.6) is 0 Å². The Labute approximate surface area is 149 Å². The molecule has 0 saturated carbocycles. The number of nitrogens with two attached hydrogens (primary N) is 2. The van der Waals surface area contributed by atoms with Crippen LogP contribution in [0.4, 0.5) is 5.95 Å². The molecule has 0 aliphatic carbocycles. The third-order valence-electron chi connectivity index (χ3n) is 4.77. The molecule has 2 aromatic heterocycles. The maximum absolute atomic E-state index is 12.0. The molecule has 0 unspecified atom stereocenters. The number of amides is 1. The zero-order chi connectivity index (χ0) is 18.3. The zero-order valence-electron chi connectivity index (χ0n) is 14.3. The first-order chi connectivity index (χ1) is 12.4. The van der Waals surface area contributed by atoms with Crippen LogP contribution < -0.4 is 16.4 Å². The second-order valence-electron chi connectivity index (χ2n) is 6.88. The highest BCUT2D eigenvalue weighted by Gasteiger charge is 2.28. The summed E-state index contributed by atoms with van der Waals surface area (Å²) >= 11 is 0. The lowest BCUT2D eigenvalue weighted by Gasteiger charge is -2.36. The van der Waals surface area contributed by atoms with Crippen LogP contribution in [0.15, 0.2) is 29.0 Å². The number of hydrogen-bond donors (Lipinski definition) is 2. The van der Waals surface area contributed by atoms with Crippen LogP contribution in [0.25, 0.3) is 22.2 Å². The average Bonchev–Trinajstić information content (AvgIpc) is 3.10. The normalized spacial score (nSPS) is 16.8. The third kappa shape index (κ3) is 2.86. The van der Waals surface area contributed by atoms with Crippen LogP contribution in [0.2, 0.25) is 0 Å². The fraction of sp³-hybridized carbons (Fsp3) is 0.353. The summed E-state index contributed by atoms with van der Waals surface area (Å²) in [4.78, 5) is 22.9. The first kappa shape index (κ1) is 16.4. The van der Waals surface area contributed by atoms with Crippen molar-refractivity contribution in [1.29, 1.82) is 0 Å². The van der Waals surface area contributed by atoms with E-state index in [4.69, 9.17) is 16.1 Å². The number of anilines is 1. The van der Waals surface area contributed by atoms with E-state index in [2.05, 4.69) is 20.3 Å². The summed E-state index contributed by atoms with van der Waals surface area (Å²) in [6.07, 6.45) is 3.25. The molecule has 9 heteroatoms. The predicted molar refractivity (Wildman–Crippen MR) is 95.4 cm³/mol. The number of benzene rings is 1. The molecule has 1 fully saturated rings. The number of aromatic nitrogens is 4. The average molecular weight is 353 g/mol. The first-order valence-corrected chi connectivity index (χ1v) is 8.37. The number of hydrogen-bond acceptors (Lipinski definition) is 8. The van der Waals surface area contributed by atoms with Gasteiger partial charge in [-0.3, -0.25) is 4.79 Å². The van der Waals surface area contributed by atoms with Gasteiger partial charge in [0.1, 0.15) is 16.7 Å². The molecule has 4 N–H and O–H groups in total. The zero-order valence-corrected chi connectivity index (χ0v) is 14.3. The highest BCUT2D eigenvalue weighted by Crippen LogP contribution is 2.30. The minimum Gasteiger partial charge on any atom is -0.364 e. The Morgan fingerprint density at radius 2 is 2.00 bits per heavy atom. The molecule has 9 nitrogen and oxygen atoms in total. The topological polar surface area (TPSA) is 137 Å². The Bertz CT molecular complexity index is 972. The van der Waals surface area contributed by atoms with E-state index in [0.717, 1.165) is 25.9 Å². The summed E-state index contributed by atoms with van der Waals surface area (Å²) in [5.41, 5.74) is 14.0. The molecule has 0 bridgehead atoms. The lowest BCUT2D eigenvalue weighted by atomic mass is 9.91. The van der Waals surface area contributed by atoms with Gasteiger partial charge in [0.25, 0.3) is 5.91 Å². The molecular formula is C17H19N7O2. The van der Waals surface area contributed by atoms with Crippen LogP contribution in [-0.4, -0.2) is 44.8 Å². The van der Waals surface area contributed by atoms with Crippen LogP contribution in [0.3, 0.4) is 0 Å². The Morgan fingerprint density at radius 3 is 2.73 bits per heavy atom. The smallest absolute Gasteiger partial charge is 0.268 e. The molecule has 1 aliphatic heterocycles. The van der Waals surface area contributed by atoms with E-state index in [9.17, 15) is 4.79 Å². The van der Waals surface area contributed by atoms with Gasteiger partial charge in [0.2, 0.25) is 5.95 Å². The minimum atomic E-state index is -0.627. The second-order valence-corrected chi connectivity index (χ2v) is 6.88. The number of nitrogens with zero attached hydrogens (tertiary/aromatic N) is 5. The van der Waals surface area contributed by atoms with Gasteiger partial charge in [-0.05, 0) is 36.1 Å². The van der Waals surface area contributed by atoms with E-state index >= 15 is 0 Å². The van der Waals surface area contributed by atoms with Crippen LogP contribution in [0.1, 0.15) is 30.3 Å². The molecular weight excluding hydrogens is 334 g/mol. The van der Waals surface area contributed by atoms with Crippen molar-refractivity contribution in [2.24, 2.45) is 11.5 Å². The van der Waals surface area contributed by atoms with E-state index in [0.29, 0.717) is 28.1 Å². The molecule has 1 saturated heterocycles. The summed E-state index contributed by atoms with van der Waals surface area (Å²) in [7, 11) is 0. The number of piperidine rings is 1. The quantitative estimate of drug-likeness (QED) is 0.714. The van der Waals surface area contributed by atoms with Crippen molar-refractivity contribution in [1.82, 2.24) is 20.3 Å². The molecule has 0 atom stereocenters. The van der Waals surface area contributed by atoms with Crippen LogP contribution in [-0.2, 0) is 0 Å². The maximum atomic E-state index is 12.0. The summed E-state index contributed by atoms with van der Waals surface area (Å²) in [5, 5.41) is 7.73. The van der Waals surface area contributed by atoms with Crippen LogP contribution in [0, 0.1) is 0 Å². The summed E-state index contributed by atoms with van der Waals surface area (Å²) < 4.78 is 4.79. The molecule has 3 aromatic rings. The van der Waals surface area contributed by atoms with E-state index in [1.165, 1.54) is 0 Å². The van der Waals surface area contributed by atoms with Gasteiger partial charge in [-0.2, -0.15) is 0 Å². The lowest BCUT2D eigenvalue weighted by molar-refractivity contribution is 0.0996. The fourth-order valence-corrected chi connectivity index (χ4v) is 3.15. The number of carbonyl (C=O) groups is 1. The molecule has 1 aromatic carbocycles. The molecule has 3 heterocycles. The summed E-state index contributed by atoms with van der Waals surface area (Å²) in [6.45, 7) is 3.50. The van der Waals surface area contributed by atoms with Gasteiger partial charge < -0.3 is 16.4 Å². The Hall–Kier alpha value is -3.07. The molecule has 134 valence electrons. The molecule has 26 heavy (non-hydrogen) atoms. The van der Waals surface area contributed by atoms with Crippen molar-refractivity contribution in [3.63, 3.8) is 0 Å². The Kier molecular flexibility index (Phi) is 3.80. The van der Waals surface area contributed by atoms with Gasteiger partial charge in [0, 0.05) is 36.0 Å². The molecule has 1 amide bonds. The predicted octanol–water partition coefficient (Wildman–Crippen LogP) is 1.10. The van der Waals surface area contributed by atoms with Gasteiger partial charge in [-0.15, -0.1) is 0 Å². The van der Waals surface area contributed by atoms with Crippen molar-refractivity contribution in [3.8, 4) is 11.1 Å². The van der Waals surface area contributed by atoms with Crippen molar-refractivity contribution in [2.45, 2.75) is 25.3 Å². The van der Waals surface area contributed by atoms with E-state index < -0.39 is 5.91 Å².